The molecule has 6 nitrogen and oxygen atoms in total. The number of aromatic nitrogens is 3. The molecule has 2 aromatic rings. The summed E-state index contributed by atoms with van der Waals surface area (Å²) < 4.78 is 1.24. The van der Waals surface area contributed by atoms with Crippen molar-refractivity contribution in [3.05, 3.63) is 40.6 Å². The lowest BCUT2D eigenvalue weighted by Gasteiger charge is -2.01. The number of aromatic carboxylic acids is 1. The van der Waals surface area contributed by atoms with Crippen LogP contribution in [0.5, 0.6) is 0 Å². The second kappa shape index (κ2) is 2.91. The molecule has 0 fully saturated rings. The summed E-state index contributed by atoms with van der Waals surface area (Å²) in [5.74, 6) is -1.11. The zero-order chi connectivity index (χ0) is 10.1. The molecule has 1 N–H and O–H groups in total. The maximum Gasteiger partial charge on any atom is 0.353 e. The average molecular weight is 191 g/mol. The third-order valence-corrected chi connectivity index (χ3v) is 1.68. The van der Waals surface area contributed by atoms with Gasteiger partial charge in [0.2, 0.25) is 5.78 Å². The van der Waals surface area contributed by atoms with Crippen LogP contribution in [0, 0.1) is 0 Å². The first-order chi connectivity index (χ1) is 6.68. The van der Waals surface area contributed by atoms with Gasteiger partial charge in [0, 0.05) is 18.5 Å². The van der Waals surface area contributed by atoms with Crippen LogP contribution in [0.2, 0.25) is 0 Å². The largest absolute Gasteiger partial charge is 0.477 e. The van der Waals surface area contributed by atoms with E-state index in [1.54, 1.807) is 6.07 Å². The number of fused-ring (bicyclic) bond motifs is 1. The predicted octanol–water partition coefficient (Wildman–Crippen LogP) is -0.212. The van der Waals surface area contributed by atoms with Gasteiger partial charge >= 0.3 is 5.97 Å². The fraction of sp³-hybridized carbons (Fsp3) is 0. The van der Waals surface area contributed by atoms with Crippen LogP contribution in [-0.4, -0.2) is 25.4 Å². The zero-order valence-electron chi connectivity index (χ0n) is 6.91. The van der Waals surface area contributed by atoms with Gasteiger partial charge in [0.05, 0.1) is 0 Å². The van der Waals surface area contributed by atoms with Crippen molar-refractivity contribution in [3.63, 3.8) is 0 Å². The molecule has 14 heavy (non-hydrogen) atoms. The highest BCUT2D eigenvalue weighted by molar-refractivity contribution is 5.86. The second-order valence-electron chi connectivity index (χ2n) is 2.57. The molecule has 0 aromatic carbocycles. The Bertz CT molecular complexity index is 561. The number of carbonyl (C=O) groups is 1. The molecule has 0 aliphatic heterocycles. The number of carboxylic acid groups (broad SMARTS) is 1. The number of hydrogen-bond acceptors (Lipinski definition) is 4. The van der Waals surface area contributed by atoms with E-state index in [0.717, 1.165) is 6.07 Å². The van der Waals surface area contributed by atoms with Crippen LogP contribution >= 0.6 is 0 Å². The Morgan fingerprint density at radius 2 is 2.29 bits per heavy atom. The van der Waals surface area contributed by atoms with Crippen molar-refractivity contribution in [1.29, 1.82) is 0 Å². The van der Waals surface area contributed by atoms with Crippen molar-refractivity contribution in [3.8, 4) is 0 Å². The molecule has 0 aliphatic carbocycles. The zero-order valence-corrected chi connectivity index (χ0v) is 6.91. The van der Waals surface area contributed by atoms with Crippen molar-refractivity contribution in [1.82, 2.24) is 14.4 Å². The molecule has 0 amide bonds. The monoisotopic (exact) mass is 191 g/mol. The van der Waals surface area contributed by atoms with Crippen LogP contribution < -0.4 is 5.56 Å². The van der Waals surface area contributed by atoms with Gasteiger partial charge in [-0.15, -0.1) is 0 Å². The Morgan fingerprint density at radius 3 is 3.00 bits per heavy atom. The lowest BCUT2D eigenvalue weighted by atomic mass is 10.4. The predicted molar refractivity (Wildman–Crippen MR) is 46.2 cm³/mol. The molecule has 2 rings (SSSR count). The van der Waals surface area contributed by atoms with Crippen LogP contribution in [0.3, 0.4) is 0 Å². The first-order valence-electron chi connectivity index (χ1n) is 3.76. The summed E-state index contributed by atoms with van der Waals surface area (Å²) in [6.07, 6.45) is 2.92. The van der Waals surface area contributed by atoms with Gasteiger partial charge in [-0.3, -0.25) is 9.20 Å². The molecule has 0 unspecified atom stereocenters. The summed E-state index contributed by atoms with van der Waals surface area (Å²) in [7, 11) is 0. The molecule has 0 saturated heterocycles. The molecule has 0 radical (unpaired) electrons. The summed E-state index contributed by atoms with van der Waals surface area (Å²) in [6.45, 7) is 0. The lowest BCUT2D eigenvalue weighted by molar-refractivity contribution is 0.0688. The fourth-order valence-electron chi connectivity index (χ4n) is 1.12. The first kappa shape index (κ1) is 8.36. The summed E-state index contributed by atoms with van der Waals surface area (Å²) in [4.78, 5) is 29.1. The minimum atomic E-state index is -1.19. The van der Waals surface area contributed by atoms with Crippen LogP contribution in [-0.2, 0) is 0 Å². The first-order valence-corrected chi connectivity index (χ1v) is 3.76. The van der Waals surface area contributed by atoms with Crippen molar-refractivity contribution in [2.75, 3.05) is 0 Å². The molecular weight excluding hydrogens is 186 g/mol. The van der Waals surface area contributed by atoms with Crippen LogP contribution in [0.1, 0.15) is 10.5 Å². The van der Waals surface area contributed by atoms with Crippen molar-refractivity contribution >= 4 is 11.7 Å². The van der Waals surface area contributed by atoms with Gasteiger partial charge in [-0.2, -0.15) is 4.98 Å². The smallest absolute Gasteiger partial charge is 0.353 e. The van der Waals surface area contributed by atoms with Gasteiger partial charge in [0.1, 0.15) is 5.69 Å². The van der Waals surface area contributed by atoms with Gasteiger partial charge in [0.15, 0.2) is 0 Å². The van der Waals surface area contributed by atoms with E-state index < -0.39 is 11.5 Å². The van der Waals surface area contributed by atoms with Gasteiger partial charge in [-0.25, -0.2) is 9.78 Å². The molecule has 2 heterocycles. The normalized spacial score (nSPS) is 10.3. The Hall–Kier alpha value is -2.24. The van der Waals surface area contributed by atoms with Gasteiger partial charge < -0.3 is 5.11 Å². The van der Waals surface area contributed by atoms with E-state index in [1.807, 2.05) is 0 Å². The number of hydrogen-bond donors (Lipinski definition) is 1. The summed E-state index contributed by atoms with van der Waals surface area (Å²) in [5, 5.41) is 8.79. The third-order valence-electron chi connectivity index (χ3n) is 1.68. The van der Waals surface area contributed by atoms with E-state index in [9.17, 15) is 9.59 Å². The van der Waals surface area contributed by atoms with E-state index in [4.69, 9.17) is 5.11 Å². The molecule has 0 spiro atoms. The molecule has 6 heteroatoms. The third kappa shape index (κ3) is 1.22. The molecule has 0 bridgehead atoms. The van der Waals surface area contributed by atoms with Crippen molar-refractivity contribution < 1.29 is 9.90 Å². The molecule has 0 saturated carbocycles. The van der Waals surface area contributed by atoms with Crippen LogP contribution in [0.4, 0.5) is 0 Å². The molecule has 2 aromatic heterocycles. The van der Waals surface area contributed by atoms with Crippen LogP contribution in [0.15, 0.2) is 29.3 Å². The van der Waals surface area contributed by atoms with E-state index >= 15 is 0 Å². The molecular formula is C8H5N3O3. The highest BCUT2D eigenvalue weighted by atomic mass is 16.4. The summed E-state index contributed by atoms with van der Waals surface area (Å²) >= 11 is 0. The number of rotatable bonds is 1. The number of nitrogens with zero attached hydrogens (tertiary/aromatic N) is 3. The van der Waals surface area contributed by atoms with Crippen molar-refractivity contribution in [2.24, 2.45) is 0 Å². The highest BCUT2D eigenvalue weighted by Crippen LogP contribution is 1.98. The topological polar surface area (TPSA) is 84.6 Å². The molecule has 0 aliphatic rings. The van der Waals surface area contributed by atoms with Crippen molar-refractivity contribution in [2.45, 2.75) is 0 Å². The minimum Gasteiger partial charge on any atom is -0.477 e. The molecule has 0 atom stereocenters. The van der Waals surface area contributed by atoms with Gasteiger partial charge in [-0.05, 0) is 6.07 Å². The maximum absolute atomic E-state index is 11.0. The molecule has 70 valence electrons. The van der Waals surface area contributed by atoms with Gasteiger partial charge in [-0.1, -0.05) is 0 Å². The Labute approximate surface area is 77.5 Å². The summed E-state index contributed by atoms with van der Waals surface area (Å²) in [5.41, 5.74) is -0.755. The van der Waals surface area contributed by atoms with Crippen LogP contribution in [0.25, 0.3) is 5.78 Å². The SMILES string of the molecule is O=C(O)c1cc(=O)nc2ncccn12. The van der Waals surface area contributed by atoms with E-state index in [-0.39, 0.29) is 11.5 Å². The maximum atomic E-state index is 11.0. The minimum absolute atomic E-state index is 0.0809. The Morgan fingerprint density at radius 1 is 1.50 bits per heavy atom. The lowest BCUT2D eigenvalue weighted by Crippen LogP contribution is -2.16. The van der Waals surface area contributed by atoms with E-state index in [2.05, 4.69) is 9.97 Å². The number of carboxylic acids is 1. The Kier molecular flexibility index (Phi) is 1.74. The quantitative estimate of drug-likeness (QED) is 0.674. The van der Waals surface area contributed by atoms with Gasteiger partial charge in [0.25, 0.3) is 5.56 Å². The standard InChI is InChI=1S/C8H5N3O3/c12-6-4-5(7(13)14)11-3-1-2-9-8(11)10-6/h1-4H,(H,13,14). The summed E-state index contributed by atoms with van der Waals surface area (Å²) in [6, 6.07) is 2.52. The van der Waals surface area contributed by atoms with E-state index in [0.29, 0.717) is 0 Å². The van der Waals surface area contributed by atoms with E-state index in [1.165, 1.54) is 16.8 Å². The highest BCUT2D eigenvalue weighted by Gasteiger charge is 2.09. The fourth-order valence-corrected chi connectivity index (χ4v) is 1.12. The second-order valence-corrected chi connectivity index (χ2v) is 2.57. The average Bonchev–Trinajstić information content (AvgIpc) is 2.16. The Balaban J connectivity index is 2.94.